The van der Waals surface area contributed by atoms with Crippen LogP contribution >= 0.6 is 24.0 Å². The molecule has 0 radical (unpaired) electrons. The topological polar surface area (TPSA) is 54.9 Å². The van der Waals surface area contributed by atoms with Crippen LogP contribution in [0.4, 0.5) is 0 Å². The third kappa shape index (κ3) is 7.51. The maximum Gasteiger partial charge on any atom is 0.191 e. The van der Waals surface area contributed by atoms with Crippen LogP contribution in [0.1, 0.15) is 36.1 Å². The van der Waals surface area contributed by atoms with E-state index in [9.17, 15) is 0 Å². The van der Waals surface area contributed by atoms with Crippen molar-refractivity contribution < 1.29 is 9.47 Å². The summed E-state index contributed by atoms with van der Waals surface area (Å²) in [5, 5.41) is 6.78. The first-order valence-electron chi connectivity index (χ1n) is 10.0. The van der Waals surface area contributed by atoms with E-state index in [0.29, 0.717) is 6.61 Å². The molecule has 2 aromatic carbocycles. The number of nitrogens with zero attached hydrogens (tertiary/aromatic N) is 1. The van der Waals surface area contributed by atoms with E-state index in [1.807, 2.05) is 0 Å². The molecule has 2 aromatic rings. The molecule has 0 fully saturated rings. The molecule has 2 N–H and O–H groups in total. The van der Waals surface area contributed by atoms with E-state index in [1.165, 1.54) is 22.3 Å². The van der Waals surface area contributed by atoms with Crippen LogP contribution in [0.5, 0.6) is 5.75 Å². The number of hydrogen-bond donors (Lipinski definition) is 2. The van der Waals surface area contributed by atoms with Gasteiger partial charge in [-0.1, -0.05) is 36.4 Å². The molecule has 0 saturated heterocycles. The van der Waals surface area contributed by atoms with Crippen molar-refractivity contribution in [1.82, 2.24) is 10.6 Å². The third-order valence-corrected chi connectivity index (χ3v) is 4.72. The van der Waals surface area contributed by atoms with Crippen molar-refractivity contribution in [1.29, 1.82) is 0 Å². The average molecular weight is 509 g/mol. The Labute approximate surface area is 191 Å². The van der Waals surface area contributed by atoms with Gasteiger partial charge in [-0.25, -0.2) is 0 Å². The Morgan fingerprint density at radius 2 is 1.93 bits per heavy atom. The van der Waals surface area contributed by atoms with Gasteiger partial charge in [0.25, 0.3) is 0 Å². The average Bonchev–Trinajstić information content (AvgIpc) is 3.17. The van der Waals surface area contributed by atoms with Crippen LogP contribution in [0.25, 0.3) is 0 Å². The Hall–Kier alpha value is -1.80. The summed E-state index contributed by atoms with van der Waals surface area (Å²) >= 11 is 0. The molecular formula is C23H32IN3O2. The van der Waals surface area contributed by atoms with Crippen molar-refractivity contribution in [2.75, 3.05) is 20.2 Å². The minimum atomic E-state index is 0. The van der Waals surface area contributed by atoms with Crippen molar-refractivity contribution in [3.8, 4) is 5.75 Å². The quantitative estimate of drug-likeness (QED) is 0.320. The summed E-state index contributed by atoms with van der Waals surface area (Å²) < 4.78 is 11.3. The fourth-order valence-electron chi connectivity index (χ4n) is 3.22. The molecule has 29 heavy (non-hydrogen) atoms. The summed E-state index contributed by atoms with van der Waals surface area (Å²) in [5.41, 5.74) is 5.05. The van der Waals surface area contributed by atoms with Gasteiger partial charge < -0.3 is 20.1 Å². The highest BCUT2D eigenvalue weighted by molar-refractivity contribution is 14.0. The molecule has 0 saturated carbocycles. The second-order valence-corrected chi connectivity index (χ2v) is 7.32. The maximum absolute atomic E-state index is 5.69. The highest BCUT2D eigenvalue weighted by Crippen LogP contribution is 2.25. The second kappa shape index (κ2) is 12.0. The second-order valence-electron chi connectivity index (χ2n) is 7.32. The maximum atomic E-state index is 5.69. The minimum absolute atomic E-state index is 0. The van der Waals surface area contributed by atoms with Crippen LogP contribution in [-0.2, 0) is 30.7 Å². The van der Waals surface area contributed by atoms with Crippen LogP contribution in [0.3, 0.4) is 0 Å². The first-order chi connectivity index (χ1) is 13.6. The van der Waals surface area contributed by atoms with Crippen molar-refractivity contribution in [2.45, 2.75) is 45.9 Å². The molecule has 1 aliphatic heterocycles. The number of hydrogen-bond acceptors (Lipinski definition) is 3. The van der Waals surface area contributed by atoms with Crippen molar-refractivity contribution >= 4 is 29.9 Å². The third-order valence-electron chi connectivity index (χ3n) is 4.72. The molecule has 0 atom stereocenters. The number of rotatable bonds is 8. The zero-order valence-electron chi connectivity index (χ0n) is 17.5. The van der Waals surface area contributed by atoms with Crippen molar-refractivity contribution in [2.24, 2.45) is 4.99 Å². The number of fused-ring (bicyclic) bond motifs is 1. The highest BCUT2D eigenvalue weighted by atomic mass is 127. The number of nitrogens with one attached hydrogen (secondary N) is 2. The van der Waals surface area contributed by atoms with Gasteiger partial charge in [-0.2, -0.15) is 0 Å². The number of aliphatic imine (C=N–C) groups is 1. The Bertz CT molecular complexity index is 808. The standard InChI is InChI=1S/C23H31N3O2.HI/c1-17(2)28-16-20-6-4-5-19(13-20)15-26-23(24-3)25-11-9-18-7-8-22-21(14-18)10-12-27-22;/h4-8,13-14,17H,9-12,15-16H2,1-3H3,(H2,24,25,26);1H. The fourth-order valence-corrected chi connectivity index (χ4v) is 3.22. The van der Waals surface area contributed by atoms with Gasteiger partial charge in [0.1, 0.15) is 5.75 Å². The molecule has 5 nitrogen and oxygen atoms in total. The molecule has 0 amide bonds. The number of guanidine groups is 1. The van der Waals surface area contributed by atoms with Crippen molar-refractivity contribution in [3.63, 3.8) is 0 Å². The monoisotopic (exact) mass is 509 g/mol. The van der Waals surface area contributed by atoms with Crippen LogP contribution < -0.4 is 15.4 Å². The lowest BCUT2D eigenvalue weighted by Crippen LogP contribution is -2.37. The minimum Gasteiger partial charge on any atom is -0.493 e. The Balaban J connectivity index is 0.00000300. The first-order valence-corrected chi connectivity index (χ1v) is 10.0. The van der Waals surface area contributed by atoms with Gasteiger partial charge >= 0.3 is 0 Å². The zero-order valence-corrected chi connectivity index (χ0v) is 19.9. The summed E-state index contributed by atoms with van der Waals surface area (Å²) in [6.45, 7) is 7.12. The van der Waals surface area contributed by atoms with E-state index in [0.717, 1.165) is 44.2 Å². The lowest BCUT2D eigenvalue weighted by molar-refractivity contribution is 0.0657. The molecular weight excluding hydrogens is 477 g/mol. The Morgan fingerprint density at radius 3 is 2.72 bits per heavy atom. The van der Waals surface area contributed by atoms with E-state index in [-0.39, 0.29) is 30.1 Å². The van der Waals surface area contributed by atoms with E-state index in [1.54, 1.807) is 7.05 Å². The van der Waals surface area contributed by atoms with Gasteiger partial charge in [0.15, 0.2) is 5.96 Å². The predicted octanol–water partition coefficient (Wildman–Crippen LogP) is 4.07. The molecule has 3 rings (SSSR count). The summed E-state index contributed by atoms with van der Waals surface area (Å²) in [4.78, 5) is 4.32. The molecule has 1 aliphatic rings. The molecule has 0 spiro atoms. The van der Waals surface area contributed by atoms with Gasteiger partial charge in [-0.3, -0.25) is 4.99 Å². The van der Waals surface area contributed by atoms with E-state index < -0.39 is 0 Å². The van der Waals surface area contributed by atoms with Crippen LogP contribution in [0.2, 0.25) is 0 Å². The van der Waals surface area contributed by atoms with Crippen LogP contribution in [-0.4, -0.2) is 32.3 Å². The number of halogens is 1. The van der Waals surface area contributed by atoms with Gasteiger partial charge in [0, 0.05) is 26.6 Å². The first kappa shape index (κ1) is 23.5. The number of ether oxygens (including phenoxy) is 2. The molecule has 0 unspecified atom stereocenters. The molecule has 158 valence electrons. The van der Waals surface area contributed by atoms with Gasteiger partial charge in [0.05, 0.1) is 19.3 Å². The van der Waals surface area contributed by atoms with Gasteiger partial charge in [-0.05, 0) is 48.6 Å². The van der Waals surface area contributed by atoms with E-state index in [2.05, 4.69) is 71.9 Å². The molecule has 0 aromatic heterocycles. The molecule has 6 heteroatoms. The number of benzene rings is 2. The summed E-state index contributed by atoms with van der Waals surface area (Å²) in [6, 6.07) is 14.9. The Kier molecular flexibility index (Phi) is 9.73. The molecule has 0 bridgehead atoms. The summed E-state index contributed by atoms with van der Waals surface area (Å²) in [5.74, 6) is 1.85. The summed E-state index contributed by atoms with van der Waals surface area (Å²) in [7, 11) is 1.80. The largest absolute Gasteiger partial charge is 0.493 e. The van der Waals surface area contributed by atoms with Crippen molar-refractivity contribution in [3.05, 3.63) is 64.7 Å². The molecule has 0 aliphatic carbocycles. The highest BCUT2D eigenvalue weighted by Gasteiger charge is 2.11. The SMILES string of the molecule is CN=C(NCCc1ccc2c(c1)CCO2)NCc1cccc(COC(C)C)c1.I. The Morgan fingerprint density at radius 1 is 1.10 bits per heavy atom. The lowest BCUT2D eigenvalue weighted by Gasteiger charge is -2.13. The normalized spacial score (nSPS) is 12.9. The van der Waals surface area contributed by atoms with Gasteiger partial charge in [0.2, 0.25) is 0 Å². The van der Waals surface area contributed by atoms with E-state index >= 15 is 0 Å². The fraction of sp³-hybridized carbons (Fsp3) is 0.435. The van der Waals surface area contributed by atoms with Crippen LogP contribution in [0.15, 0.2) is 47.5 Å². The zero-order chi connectivity index (χ0) is 19.8. The molecule has 1 heterocycles. The van der Waals surface area contributed by atoms with E-state index in [4.69, 9.17) is 9.47 Å². The van der Waals surface area contributed by atoms with Crippen LogP contribution in [0, 0.1) is 0 Å². The van der Waals surface area contributed by atoms with Gasteiger partial charge in [-0.15, -0.1) is 24.0 Å². The smallest absolute Gasteiger partial charge is 0.191 e. The summed E-state index contributed by atoms with van der Waals surface area (Å²) in [6.07, 6.45) is 2.21. The predicted molar refractivity (Wildman–Crippen MR) is 129 cm³/mol. The lowest BCUT2D eigenvalue weighted by atomic mass is 10.1.